The lowest BCUT2D eigenvalue weighted by Gasteiger charge is -2.07. The Bertz CT molecular complexity index is 822. The quantitative estimate of drug-likeness (QED) is 0.800. The summed E-state index contributed by atoms with van der Waals surface area (Å²) >= 11 is 1.57. The lowest BCUT2D eigenvalue weighted by Crippen LogP contribution is -2.04. The maximum atomic E-state index is 8.87. The Hall–Kier alpha value is -2.65. The van der Waals surface area contributed by atoms with Crippen LogP contribution in [-0.4, -0.2) is 17.0 Å². The van der Waals surface area contributed by atoms with E-state index >= 15 is 0 Å². The first kappa shape index (κ1) is 13.3. The van der Waals surface area contributed by atoms with Gasteiger partial charge in [0.05, 0.1) is 17.0 Å². The highest BCUT2D eigenvalue weighted by molar-refractivity contribution is 7.16. The Morgan fingerprint density at radius 3 is 3.05 bits per heavy atom. The monoisotopic (exact) mass is 296 g/mol. The normalized spacial score (nSPS) is 10.3. The molecule has 0 unspecified atom stereocenters. The number of nitriles is 1. The van der Waals surface area contributed by atoms with Gasteiger partial charge >= 0.3 is 0 Å². The van der Waals surface area contributed by atoms with Crippen LogP contribution in [0.1, 0.15) is 11.4 Å². The van der Waals surface area contributed by atoms with Crippen LogP contribution >= 0.6 is 11.3 Å². The highest BCUT2D eigenvalue weighted by Gasteiger charge is 2.08. The van der Waals surface area contributed by atoms with Crippen LogP contribution in [0.5, 0.6) is 5.75 Å². The van der Waals surface area contributed by atoms with E-state index in [1.165, 1.54) is 0 Å². The van der Waals surface area contributed by atoms with Crippen molar-refractivity contribution in [1.82, 2.24) is 9.97 Å². The molecule has 0 bridgehead atoms. The first-order valence-electron chi connectivity index (χ1n) is 6.35. The second-order valence-corrected chi connectivity index (χ2v) is 5.20. The third-order valence-electron chi connectivity index (χ3n) is 2.94. The molecule has 1 N–H and O–H groups in total. The molecule has 21 heavy (non-hydrogen) atoms. The van der Waals surface area contributed by atoms with Crippen LogP contribution in [0.2, 0.25) is 0 Å². The maximum Gasteiger partial charge on any atom is 0.169 e. The number of nitrogens with one attached hydrogen (secondary N) is 1. The number of aromatic nitrogens is 2. The molecule has 0 atom stereocenters. The molecule has 2 aromatic heterocycles. The van der Waals surface area contributed by atoms with E-state index in [0.29, 0.717) is 17.1 Å². The minimum absolute atomic E-state index is 0.261. The second-order valence-electron chi connectivity index (χ2n) is 4.31. The van der Waals surface area contributed by atoms with E-state index < -0.39 is 0 Å². The fourth-order valence-electron chi connectivity index (χ4n) is 1.96. The third-order valence-corrected chi connectivity index (χ3v) is 3.75. The van der Waals surface area contributed by atoms with Crippen LogP contribution in [0, 0.1) is 11.3 Å². The number of anilines is 1. The molecule has 5 nitrogen and oxygen atoms in total. The highest BCUT2D eigenvalue weighted by Crippen LogP contribution is 2.25. The molecule has 0 saturated carbocycles. The molecule has 0 aliphatic rings. The van der Waals surface area contributed by atoms with E-state index in [1.54, 1.807) is 29.5 Å². The standard InChI is InChI=1S/C15H12N4OS/c1-17-14-12-5-6-21-15(12)19-13(18-14)9-20-11-4-2-3-10(7-11)8-16/h2-7H,9H2,1H3,(H,17,18,19). The number of nitrogens with zero attached hydrogens (tertiary/aromatic N) is 3. The lowest BCUT2D eigenvalue weighted by atomic mass is 10.2. The molecular weight excluding hydrogens is 284 g/mol. The van der Waals surface area contributed by atoms with Crippen molar-refractivity contribution in [3.8, 4) is 11.8 Å². The fraction of sp³-hybridized carbons (Fsp3) is 0.133. The molecule has 1 aromatic carbocycles. The molecule has 3 rings (SSSR count). The number of rotatable bonds is 4. The van der Waals surface area contributed by atoms with E-state index in [1.807, 2.05) is 24.6 Å². The van der Waals surface area contributed by atoms with E-state index in [0.717, 1.165) is 16.0 Å². The van der Waals surface area contributed by atoms with Gasteiger partial charge in [0.1, 0.15) is 23.0 Å². The number of benzene rings is 1. The van der Waals surface area contributed by atoms with Gasteiger partial charge < -0.3 is 10.1 Å². The number of thiophene rings is 1. The Balaban J connectivity index is 1.83. The van der Waals surface area contributed by atoms with Crippen LogP contribution in [0.4, 0.5) is 5.82 Å². The van der Waals surface area contributed by atoms with Crippen LogP contribution < -0.4 is 10.1 Å². The molecule has 0 aliphatic heterocycles. The summed E-state index contributed by atoms with van der Waals surface area (Å²) < 4.78 is 5.66. The molecule has 0 saturated heterocycles. The van der Waals surface area contributed by atoms with Crippen molar-refractivity contribution in [2.45, 2.75) is 6.61 Å². The van der Waals surface area contributed by atoms with Crippen LogP contribution in [0.15, 0.2) is 35.7 Å². The summed E-state index contributed by atoms with van der Waals surface area (Å²) in [5.74, 6) is 2.04. The van der Waals surface area contributed by atoms with Gasteiger partial charge in [-0.15, -0.1) is 11.3 Å². The minimum Gasteiger partial charge on any atom is -0.486 e. The summed E-state index contributed by atoms with van der Waals surface area (Å²) in [5, 5.41) is 14.9. The number of hydrogen-bond donors (Lipinski definition) is 1. The molecule has 0 fully saturated rings. The number of hydrogen-bond acceptors (Lipinski definition) is 6. The first-order chi connectivity index (χ1) is 10.3. The van der Waals surface area contributed by atoms with Crippen molar-refractivity contribution in [3.63, 3.8) is 0 Å². The van der Waals surface area contributed by atoms with Gasteiger partial charge in [0, 0.05) is 7.05 Å². The van der Waals surface area contributed by atoms with Gasteiger partial charge in [-0.25, -0.2) is 9.97 Å². The fourth-order valence-corrected chi connectivity index (χ4v) is 2.74. The van der Waals surface area contributed by atoms with Crippen molar-refractivity contribution >= 4 is 27.4 Å². The lowest BCUT2D eigenvalue weighted by molar-refractivity contribution is 0.296. The summed E-state index contributed by atoms with van der Waals surface area (Å²) in [5.41, 5.74) is 0.568. The predicted molar refractivity (Wildman–Crippen MR) is 82.5 cm³/mol. The van der Waals surface area contributed by atoms with Gasteiger partial charge in [-0.3, -0.25) is 0 Å². The van der Waals surface area contributed by atoms with Crippen LogP contribution in [0.25, 0.3) is 10.2 Å². The maximum absolute atomic E-state index is 8.87. The molecule has 6 heteroatoms. The Morgan fingerprint density at radius 1 is 1.33 bits per heavy atom. The third kappa shape index (κ3) is 2.78. The Kier molecular flexibility index (Phi) is 3.67. The van der Waals surface area contributed by atoms with E-state index in [-0.39, 0.29) is 6.61 Å². The van der Waals surface area contributed by atoms with Crippen LogP contribution in [0.3, 0.4) is 0 Å². The van der Waals surface area contributed by atoms with Gasteiger partial charge in [0.2, 0.25) is 0 Å². The molecular formula is C15H12N4OS. The molecule has 3 aromatic rings. The number of fused-ring (bicyclic) bond motifs is 1. The van der Waals surface area contributed by atoms with E-state index in [4.69, 9.17) is 10.00 Å². The topological polar surface area (TPSA) is 70.8 Å². The van der Waals surface area contributed by atoms with Gasteiger partial charge in [0.15, 0.2) is 5.82 Å². The second kappa shape index (κ2) is 5.77. The zero-order valence-corrected chi connectivity index (χ0v) is 12.1. The average molecular weight is 296 g/mol. The average Bonchev–Trinajstić information content (AvgIpc) is 3.00. The summed E-state index contributed by atoms with van der Waals surface area (Å²) in [6, 6.07) is 11.1. The zero-order chi connectivity index (χ0) is 14.7. The highest BCUT2D eigenvalue weighted by atomic mass is 32.1. The van der Waals surface area contributed by atoms with Crippen LogP contribution in [-0.2, 0) is 6.61 Å². The largest absolute Gasteiger partial charge is 0.486 e. The van der Waals surface area contributed by atoms with E-state index in [9.17, 15) is 0 Å². The van der Waals surface area contributed by atoms with Gasteiger partial charge in [0.25, 0.3) is 0 Å². The smallest absolute Gasteiger partial charge is 0.169 e. The summed E-state index contributed by atoms with van der Waals surface area (Å²) in [6.07, 6.45) is 0. The predicted octanol–water partition coefficient (Wildman–Crippen LogP) is 3.18. The SMILES string of the molecule is CNc1nc(COc2cccc(C#N)c2)nc2sccc12. The van der Waals surface area contributed by atoms with Gasteiger partial charge in [-0.05, 0) is 29.6 Å². The van der Waals surface area contributed by atoms with Crippen molar-refractivity contribution in [2.24, 2.45) is 0 Å². The molecule has 2 heterocycles. The summed E-state index contributed by atoms with van der Waals surface area (Å²) in [6.45, 7) is 0.261. The van der Waals surface area contributed by atoms with Crippen molar-refractivity contribution < 1.29 is 4.74 Å². The van der Waals surface area contributed by atoms with Gasteiger partial charge in [-0.1, -0.05) is 6.07 Å². The first-order valence-corrected chi connectivity index (χ1v) is 7.23. The number of ether oxygens (including phenoxy) is 1. The Labute approximate surface area is 125 Å². The molecule has 0 amide bonds. The van der Waals surface area contributed by atoms with E-state index in [2.05, 4.69) is 21.4 Å². The Morgan fingerprint density at radius 2 is 2.24 bits per heavy atom. The zero-order valence-electron chi connectivity index (χ0n) is 11.3. The summed E-state index contributed by atoms with van der Waals surface area (Å²) in [7, 11) is 1.83. The molecule has 0 radical (unpaired) electrons. The van der Waals surface area contributed by atoms with Crippen molar-refractivity contribution in [2.75, 3.05) is 12.4 Å². The minimum atomic E-state index is 0.261. The molecule has 104 valence electrons. The molecule has 0 aliphatic carbocycles. The van der Waals surface area contributed by atoms with Gasteiger partial charge in [-0.2, -0.15) is 5.26 Å². The summed E-state index contributed by atoms with van der Waals surface area (Å²) in [4.78, 5) is 9.85. The van der Waals surface area contributed by atoms with Crippen molar-refractivity contribution in [1.29, 1.82) is 5.26 Å². The molecule has 0 spiro atoms. The van der Waals surface area contributed by atoms with Crippen molar-refractivity contribution in [3.05, 3.63) is 47.1 Å².